The second-order valence-electron chi connectivity index (χ2n) is 11.8. The SMILES string of the molecule is Cc1ccc2cc1CNC(=O)[C@H](CCc1ccccc1)NC(=O)[C@@H](NC(=O)OCc1ccccc1)CCCCC(=O)NCCCCO2. The highest BCUT2D eigenvalue weighted by molar-refractivity contribution is 5.91. The number of fused-ring (bicyclic) bond motifs is 2. The molecule has 0 fully saturated rings. The van der Waals surface area contributed by atoms with Crippen LogP contribution in [0.3, 0.4) is 0 Å². The number of carbonyl (C=O) groups is 4. The molecule has 10 heteroatoms. The van der Waals surface area contributed by atoms with E-state index in [4.69, 9.17) is 9.47 Å². The summed E-state index contributed by atoms with van der Waals surface area (Å²) in [6.07, 6.45) is 3.36. The van der Waals surface area contributed by atoms with Gasteiger partial charge in [0.2, 0.25) is 17.7 Å². The Morgan fingerprint density at radius 1 is 0.872 bits per heavy atom. The van der Waals surface area contributed by atoms with Crippen LogP contribution in [0.4, 0.5) is 4.79 Å². The summed E-state index contributed by atoms with van der Waals surface area (Å²) in [5.74, 6) is -0.171. The van der Waals surface area contributed by atoms with Gasteiger partial charge in [0.1, 0.15) is 24.4 Å². The molecule has 0 radical (unpaired) electrons. The smallest absolute Gasteiger partial charge is 0.408 e. The third-order valence-electron chi connectivity index (χ3n) is 8.10. The van der Waals surface area contributed by atoms with Gasteiger partial charge < -0.3 is 30.7 Å². The lowest BCUT2D eigenvalue weighted by Crippen LogP contribution is -2.53. The molecule has 0 unspecified atom stereocenters. The van der Waals surface area contributed by atoms with E-state index in [0.717, 1.165) is 35.1 Å². The number of hydrogen-bond donors (Lipinski definition) is 4. The van der Waals surface area contributed by atoms with Gasteiger partial charge in [-0.05, 0) is 79.8 Å². The Morgan fingerprint density at radius 3 is 2.38 bits per heavy atom. The van der Waals surface area contributed by atoms with Gasteiger partial charge in [0.25, 0.3) is 0 Å². The maximum Gasteiger partial charge on any atom is 0.408 e. The number of carbonyl (C=O) groups excluding carboxylic acids is 4. The van der Waals surface area contributed by atoms with Gasteiger partial charge in [-0.2, -0.15) is 0 Å². The van der Waals surface area contributed by atoms with E-state index in [1.807, 2.05) is 85.8 Å². The van der Waals surface area contributed by atoms with Crippen LogP contribution in [0.25, 0.3) is 0 Å². The lowest BCUT2D eigenvalue weighted by Gasteiger charge is -2.23. The van der Waals surface area contributed by atoms with Crippen LogP contribution >= 0.6 is 0 Å². The Bertz CT molecular complexity index is 1450. The molecule has 2 atom stereocenters. The zero-order valence-corrected chi connectivity index (χ0v) is 27.1. The van der Waals surface area contributed by atoms with E-state index in [1.165, 1.54) is 0 Å². The van der Waals surface area contributed by atoms with E-state index in [2.05, 4.69) is 21.3 Å². The molecule has 3 aromatic carbocycles. The topological polar surface area (TPSA) is 135 Å². The van der Waals surface area contributed by atoms with Gasteiger partial charge >= 0.3 is 6.09 Å². The van der Waals surface area contributed by atoms with Crippen LogP contribution in [0.5, 0.6) is 5.75 Å². The minimum atomic E-state index is -0.960. The molecule has 47 heavy (non-hydrogen) atoms. The predicted molar refractivity (Wildman–Crippen MR) is 179 cm³/mol. The highest BCUT2D eigenvalue weighted by atomic mass is 16.5. The molecular weight excluding hydrogens is 596 g/mol. The highest BCUT2D eigenvalue weighted by Crippen LogP contribution is 2.18. The Morgan fingerprint density at radius 2 is 1.62 bits per heavy atom. The van der Waals surface area contributed by atoms with E-state index in [0.29, 0.717) is 51.0 Å². The van der Waals surface area contributed by atoms with Crippen molar-refractivity contribution >= 4 is 23.8 Å². The normalized spacial score (nSPS) is 18.7. The largest absolute Gasteiger partial charge is 0.494 e. The first-order valence-corrected chi connectivity index (χ1v) is 16.5. The van der Waals surface area contributed by atoms with Crippen molar-refractivity contribution in [1.29, 1.82) is 0 Å². The standard InChI is InChI=1S/C37H46N4O6/c1-27-18-20-31-24-30(27)25-39-35(43)33(21-19-28-12-4-2-5-13-28)40-36(44)32(41-37(45)47-26-29-14-6-3-7-15-29)16-8-9-17-34(42)38-22-10-11-23-46-31/h2-7,12-15,18,20,24,32-33H,8-11,16-17,19,21-23,25-26H2,1H3,(H,38,42)(H,39,43)(H,40,44)(H,41,45)/t32-,33-/m0/s1. The van der Waals surface area contributed by atoms with Crippen molar-refractivity contribution in [3.05, 3.63) is 101 Å². The average Bonchev–Trinajstić information content (AvgIpc) is 3.08. The minimum Gasteiger partial charge on any atom is -0.494 e. The first-order valence-electron chi connectivity index (χ1n) is 16.5. The second kappa shape index (κ2) is 19.0. The lowest BCUT2D eigenvalue weighted by atomic mass is 10.0. The van der Waals surface area contributed by atoms with Crippen molar-refractivity contribution in [2.45, 2.75) is 83.5 Å². The maximum absolute atomic E-state index is 13.7. The van der Waals surface area contributed by atoms with Gasteiger partial charge in [0.05, 0.1) is 6.61 Å². The molecule has 250 valence electrons. The number of alkyl carbamates (subject to hydrolysis) is 1. The molecule has 0 aliphatic carbocycles. The van der Waals surface area contributed by atoms with E-state index in [-0.39, 0.29) is 31.4 Å². The van der Waals surface area contributed by atoms with Crippen LogP contribution < -0.4 is 26.0 Å². The van der Waals surface area contributed by atoms with E-state index in [9.17, 15) is 19.2 Å². The molecule has 1 aliphatic heterocycles. The fourth-order valence-electron chi connectivity index (χ4n) is 5.27. The van der Waals surface area contributed by atoms with Crippen molar-refractivity contribution in [3.8, 4) is 5.75 Å². The molecule has 4 amide bonds. The summed E-state index contributed by atoms with van der Waals surface area (Å²) in [5.41, 5.74) is 3.76. The molecule has 0 spiro atoms. The summed E-state index contributed by atoms with van der Waals surface area (Å²) < 4.78 is 11.3. The average molecular weight is 643 g/mol. The molecule has 4 rings (SSSR count). The summed E-state index contributed by atoms with van der Waals surface area (Å²) in [6, 6.07) is 23.0. The van der Waals surface area contributed by atoms with E-state index >= 15 is 0 Å². The second-order valence-corrected chi connectivity index (χ2v) is 11.8. The number of benzene rings is 3. The summed E-state index contributed by atoms with van der Waals surface area (Å²) >= 11 is 0. The van der Waals surface area contributed by atoms with Crippen molar-refractivity contribution in [1.82, 2.24) is 21.3 Å². The molecule has 0 aromatic heterocycles. The third-order valence-corrected chi connectivity index (χ3v) is 8.10. The quantitative estimate of drug-likeness (QED) is 0.303. The Labute approximate surface area is 277 Å². The predicted octanol–water partition coefficient (Wildman–Crippen LogP) is 4.87. The fraction of sp³-hybridized carbons (Fsp3) is 0.405. The monoisotopic (exact) mass is 642 g/mol. The van der Waals surface area contributed by atoms with Crippen LogP contribution in [-0.2, 0) is 38.7 Å². The van der Waals surface area contributed by atoms with Gasteiger partial charge in [-0.3, -0.25) is 14.4 Å². The van der Waals surface area contributed by atoms with Crippen LogP contribution in [0.1, 0.15) is 67.2 Å². The molecule has 1 aliphatic rings. The van der Waals surface area contributed by atoms with Crippen molar-refractivity contribution < 1.29 is 28.7 Å². The van der Waals surface area contributed by atoms with E-state index in [1.54, 1.807) is 0 Å². The molecule has 3 aromatic rings. The van der Waals surface area contributed by atoms with Crippen molar-refractivity contribution in [2.75, 3.05) is 13.2 Å². The first-order chi connectivity index (χ1) is 22.9. The Balaban J connectivity index is 1.50. The number of ether oxygens (including phenoxy) is 2. The number of aryl methyl sites for hydroxylation is 2. The number of hydrogen-bond acceptors (Lipinski definition) is 6. The summed E-state index contributed by atoms with van der Waals surface area (Å²) in [5, 5.41) is 11.5. The highest BCUT2D eigenvalue weighted by Gasteiger charge is 2.27. The molecule has 0 saturated heterocycles. The third kappa shape index (κ3) is 12.5. The zero-order valence-electron chi connectivity index (χ0n) is 27.1. The molecule has 10 nitrogen and oxygen atoms in total. The van der Waals surface area contributed by atoms with Crippen LogP contribution in [-0.4, -0.2) is 49.1 Å². The van der Waals surface area contributed by atoms with Crippen LogP contribution in [0, 0.1) is 6.92 Å². The minimum absolute atomic E-state index is 0.0505. The van der Waals surface area contributed by atoms with E-state index < -0.39 is 24.1 Å². The van der Waals surface area contributed by atoms with Gasteiger partial charge in [-0.25, -0.2) is 4.79 Å². The Hall–Kier alpha value is -4.86. The Kier molecular flexibility index (Phi) is 14.1. The fourth-order valence-corrected chi connectivity index (χ4v) is 5.27. The van der Waals surface area contributed by atoms with Gasteiger partial charge in [-0.15, -0.1) is 0 Å². The lowest BCUT2D eigenvalue weighted by molar-refractivity contribution is -0.130. The molecule has 1 heterocycles. The molecule has 2 bridgehead atoms. The number of nitrogens with one attached hydrogen (secondary N) is 4. The summed E-state index contributed by atoms with van der Waals surface area (Å²) in [7, 11) is 0. The first kappa shape index (κ1) is 35.0. The molecule has 0 saturated carbocycles. The van der Waals surface area contributed by atoms with Gasteiger partial charge in [0.15, 0.2) is 0 Å². The van der Waals surface area contributed by atoms with Gasteiger partial charge in [-0.1, -0.05) is 73.2 Å². The van der Waals surface area contributed by atoms with Crippen molar-refractivity contribution in [2.24, 2.45) is 0 Å². The molecule has 4 N–H and O–H groups in total. The van der Waals surface area contributed by atoms with Crippen molar-refractivity contribution in [3.63, 3.8) is 0 Å². The summed E-state index contributed by atoms with van der Waals surface area (Å²) in [4.78, 5) is 52.5. The van der Waals surface area contributed by atoms with Crippen LogP contribution in [0.15, 0.2) is 78.9 Å². The molecular formula is C37H46N4O6. The maximum atomic E-state index is 13.7. The van der Waals surface area contributed by atoms with Crippen LogP contribution in [0.2, 0.25) is 0 Å². The summed E-state index contributed by atoms with van der Waals surface area (Å²) in [6.45, 7) is 3.35. The van der Waals surface area contributed by atoms with Gasteiger partial charge in [0, 0.05) is 19.5 Å². The number of amides is 4. The zero-order chi connectivity index (χ0) is 33.3. The number of rotatable bonds is 6.